The van der Waals surface area contributed by atoms with Crippen molar-refractivity contribution in [3.05, 3.63) is 62.7 Å². The third-order valence-electron chi connectivity index (χ3n) is 4.04. The average molecular weight is 371 g/mol. The third-order valence-corrected chi connectivity index (χ3v) is 4.04. The second-order valence-corrected chi connectivity index (χ2v) is 6.34. The van der Waals surface area contributed by atoms with Crippen molar-refractivity contribution < 1.29 is 19.2 Å². The van der Waals surface area contributed by atoms with Crippen molar-refractivity contribution in [1.29, 1.82) is 0 Å². The van der Waals surface area contributed by atoms with Crippen molar-refractivity contribution in [2.24, 2.45) is 0 Å². The van der Waals surface area contributed by atoms with Crippen LogP contribution in [-0.4, -0.2) is 22.9 Å². The maximum atomic E-state index is 12.4. The fourth-order valence-electron chi connectivity index (χ4n) is 2.73. The van der Waals surface area contributed by atoms with Crippen molar-refractivity contribution in [2.75, 3.05) is 11.1 Å². The molecule has 8 nitrogen and oxygen atoms in total. The summed E-state index contributed by atoms with van der Waals surface area (Å²) in [6.45, 7) is 7.16. The number of nitrogens with one attached hydrogen (secondary N) is 1. The first kappa shape index (κ1) is 19.9. The number of amides is 1. The van der Waals surface area contributed by atoms with E-state index in [9.17, 15) is 19.7 Å². The molecule has 0 unspecified atom stereocenters. The first-order valence-corrected chi connectivity index (χ1v) is 8.23. The molecular formula is C19H21N3O5. The minimum atomic E-state index is -1.08. The lowest BCUT2D eigenvalue weighted by molar-refractivity contribution is -0.384. The van der Waals surface area contributed by atoms with Gasteiger partial charge in [-0.25, -0.2) is 4.79 Å². The number of ether oxygens (including phenoxy) is 1. The van der Waals surface area contributed by atoms with Crippen molar-refractivity contribution >= 4 is 28.9 Å². The highest BCUT2D eigenvalue weighted by Crippen LogP contribution is 2.23. The summed E-state index contributed by atoms with van der Waals surface area (Å²) in [6.07, 6.45) is -1.08. The number of carbonyl (C=O) groups is 2. The summed E-state index contributed by atoms with van der Waals surface area (Å²) in [5, 5.41) is 13.5. The highest BCUT2D eigenvalue weighted by molar-refractivity contribution is 6.00. The van der Waals surface area contributed by atoms with E-state index in [1.807, 2.05) is 32.9 Å². The van der Waals surface area contributed by atoms with E-state index in [4.69, 9.17) is 10.5 Å². The van der Waals surface area contributed by atoms with Gasteiger partial charge in [-0.2, -0.15) is 0 Å². The van der Waals surface area contributed by atoms with E-state index in [1.54, 1.807) is 0 Å². The van der Waals surface area contributed by atoms with Gasteiger partial charge in [0.15, 0.2) is 6.10 Å². The van der Waals surface area contributed by atoms with Gasteiger partial charge in [-0.1, -0.05) is 17.7 Å². The van der Waals surface area contributed by atoms with E-state index in [1.165, 1.54) is 13.0 Å². The van der Waals surface area contributed by atoms with E-state index in [0.717, 1.165) is 28.8 Å². The third kappa shape index (κ3) is 4.60. The van der Waals surface area contributed by atoms with E-state index >= 15 is 0 Å². The molecule has 0 aliphatic carbocycles. The van der Waals surface area contributed by atoms with Crippen LogP contribution < -0.4 is 11.1 Å². The first-order chi connectivity index (χ1) is 12.6. The number of carbonyl (C=O) groups excluding carboxylic acids is 2. The minimum Gasteiger partial charge on any atom is -0.449 e. The Morgan fingerprint density at radius 1 is 1.15 bits per heavy atom. The SMILES string of the molecule is Cc1cc(C)c(NC(=O)[C@@H](C)OC(=O)c2ccc([N+](=O)[O-])cc2N)c(C)c1. The fourth-order valence-corrected chi connectivity index (χ4v) is 2.73. The Morgan fingerprint density at radius 3 is 2.26 bits per heavy atom. The number of hydrogen-bond acceptors (Lipinski definition) is 6. The molecule has 0 aromatic heterocycles. The molecule has 8 heteroatoms. The second kappa shape index (κ2) is 7.86. The minimum absolute atomic E-state index is 0.0389. The van der Waals surface area contributed by atoms with Gasteiger partial charge in [0, 0.05) is 17.8 Å². The normalized spacial score (nSPS) is 11.6. The van der Waals surface area contributed by atoms with Crippen molar-refractivity contribution in [1.82, 2.24) is 0 Å². The van der Waals surface area contributed by atoms with E-state index in [-0.39, 0.29) is 16.9 Å². The van der Waals surface area contributed by atoms with E-state index < -0.39 is 22.9 Å². The summed E-state index contributed by atoms with van der Waals surface area (Å²) < 4.78 is 5.15. The van der Waals surface area contributed by atoms with Crippen molar-refractivity contribution in [2.45, 2.75) is 33.8 Å². The zero-order valence-electron chi connectivity index (χ0n) is 15.5. The number of nitro benzene ring substituents is 1. The molecule has 0 aliphatic rings. The molecule has 0 radical (unpaired) electrons. The van der Waals surface area contributed by atoms with Crippen LogP contribution in [0.1, 0.15) is 34.0 Å². The molecule has 2 aromatic carbocycles. The van der Waals surface area contributed by atoms with Gasteiger partial charge < -0.3 is 15.8 Å². The predicted octanol–water partition coefficient (Wildman–Crippen LogP) is 3.29. The second-order valence-electron chi connectivity index (χ2n) is 6.34. The lowest BCUT2D eigenvalue weighted by Gasteiger charge is -2.17. The molecule has 1 atom stereocenters. The van der Waals surface area contributed by atoms with Crippen LogP contribution in [0.5, 0.6) is 0 Å². The van der Waals surface area contributed by atoms with Crippen LogP contribution in [0.3, 0.4) is 0 Å². The molecule has 27 heavy (non-hydrogen) atoms. The summed E-state index contributed by atoms with van der Waals surface area (Å²) in [6, 6.07) is 7.31. The number of nitro groups is 1. The van der Waals surface area contributed by atoms with Gasteiger partial charge in [-0.15, -0.1) is 0 Å². The largest absolute Gasteiger partial charge is 0.449 e. The highest BCUT2D eigenvalue weighted by atomic mass is 16.6. The molecule has 0 fully saturated rings. The summed E-state index contributed by atoms with van der Waals surface area (Å²) in [5.41, 5.74) is 8.87. The maximum Gasteiger partial charge on any atom is 0.341 e. The fraction of sp³-hybridized carbons (Fsp3) is 0.263. The summed E-state index contributed by atoms with van der Waals surface area (Å²) >= 11 is 0. The molecule has 0 bridgehead atoms. The molecule has 0 spiro atoms. The summed E-state index contributed by atoms with van der Waals surface area (Å²) in [4.78, 5) is 34.7. The first-order valence-electron chi connectivity index (χ1n) is 8.23. The maximum absolute atomic E-state index is 12.4. The number of rotatable bonds is 5. The number of hydrogen-bond donors (Lipinski definition) is 2. The predicted molar refractivity (Wildman–Crippen MR) is 102 cm³/mol. The molecule has 0 aliphatic heterocycles. The Morgan fingerprint density at radius 2 is 1.74 bits per heavy atom. The number of aryl methyl sites for hydroxylation is 3. The van der Waals surface area contributed by atoms with Gasteiger partial charge in [0.05, 0.1) is 16.2 Å². The van der Waals surface area contributed by atoms with Gasteiger partial charge in [0.25, 0.3) is 11.6 Å². The van der Waals surface area contributed by atoms with E-state index in [0.29, 0.717) is 5.69 Å². The number of nitrogens with zero attached hydrogens (tertiary/aromatic N) is 1. The Kier molecular flexibility index (Phi) is 5.79. The molecule has 0 saturated carbocycles. The summed E-state index contributed by atoms with van der Waals surface area (Å²) in [7, 11) is 0. The van der Waals surface area contributed by atoms with Gasteiger partial charge in [-0.3, -0.25) is 14.9 Å². The molecule has 2 aromatic rings. The monoisotopic (exact) mass is 371 g/mol. The lowest BCUT2D eigenvalue weighted by Crippen LogP contribution is -2.30. The van der Waals surface area contributed by atoms with Crippen LogP contribution >= 0.6 is 0 Å². The van der Waals surface area contributed by atoms with Crippen LogP contribution in [0, 0.1) is 30.9 Å². The molecular weight excluding hydrogens is 350 g/mol. The van der Waals surface area contributed by atoms with Gasteiger partial charge in [0.1, 0.15) is 0 Å². The zero-order chi connectivity index (χ0) is 20.3. The molecule has 3 N–H and O–H groups in total. The zero-order valence-corrected chi connectivity index (χ0v) is 15.5. The highest BCUT2D eigenvalue weighted by Gasteiger charge is 2.22. The smallest absolute Gasteiger partial charge is 0.341 e. The number of benzene rings is 2. The van der Waals surface area contributed by atoms with Gasteiger partial charge >= 0.3 is 5.97 Å². The standard InChI is InChI=1S/C19H21N3O5/c1-10-7-11(2)17(12(3)8-10)21-18(23)13(4)27-19(24)15-6-5-14(22(25)26)9-16(15)20/h5-9,13H,20H2,1-4H3,(H,21,23)/t13-/m1/s1. The molecule has 0 saturated heterocycles. The molecule has 0 heterocycles. The number of esters is 1. The van der Waals surface area contributed by atoms with Crippen LogP contribution in [-0.2, 0) is 9.53 Å². The van der Waals surface area contributed by atoms with Gasteiger partial charge in [-0.05, 0) is 44.9 Å². The molecule has 2 rings (SSSR count). The summed E-state index contributed by atoms with van der Waals surface area (Å²) in [5.74, 6) is -1.32. The van der Waals surface area contributed by atoms with Crippen LogP contribution in [0.4, 0.5) is 17.1 Å². The number of nitrogen functional groups attached to an aromatic ring is 1. The Hall–Kier alpha value is -3.42. The average Bonchev–Trinajstić information content (AvgIpc) is 2.57. The topological polar surface area (TPSA) is 125 Å². The number of anilines is 2. The van der Waals surface area contributed by atoms with E-state index in [2.05, 4.69) is 5.32 Å². The Bertz CT molecular complexity index is 901. The van der Waals surface area contributed by atoms with Crippen molar-refractivity contribution in [3.8, 4) is 0 Å². The number of non-ortho nitro benzene ring substituents is 1. The Labute approximate surface area is 156 Å². The van der Waals surface area contributed by atoms with Crippen LogP contribution in [0.15, 0.2) is 30.3 Å². The quantitative estimate of drug-likeness (QED) is 0.360. The molecule has 1 amide bonds. The number of nitrogens with two attached hydrogens (primary N) is 1. The van der Waals surface area contributed by atoms with Gasteiger partial charge in [0.2, 0.25) is 0 Å². The lowest BCUT2D eigenvalue weighted by atomic mass is 10.0. The van der Waals surface area contributed by atoms with Crippen LogP contribution in [0.25, 0.3) is 0 Å². The van der Waals surface area contributed by atoms with Crippen LogP contribution in [0.2, 0.25) is 0 Å². The molecule has 142 valence electrons. The Balaban J connectivity index is 2.10. The van der Waals surface area contributed by atoms with Crippen molar-refractivity contribution in [3.63, 3.8) is 0 Å².